The van der Waals surface area contributed by atoms with Crippen LogP contribution in [-0.4, -0.2) is 4.98 Å². The minimum atomic E-state index is -0.183. The van der Waals surface area contributed by atoms with Gasteiger partial charge in [0.25, 0.3) is 0 Å². The van der Waals surface area contributed by atoms with E-state index in [-0.39, 0.29) is 5.82 Å². The van der Waals surface area contributed by atoms with Crippen LogP contribution in [0.25, 0.3) is 22.3 Å². The number of unbranched alkanes of at least 4 members (excludes halogenated alkanes) is 7. The second-order valence-corrected chi connectivity index (χ2v) is 8.90. The van der Waals surface area contributed by atoms with Gasteiger partial charge in [-0.05, 0) is 54.5 Å². The van der Waals surface area contributed by atoms with E-state index in [1.165, 1.54) is 63.4 Å². The van der Waals surface area contributed by atoms with Gasteiger partial charge in [-0.1, -0.05) is 101 Å². The van der Waals surface area contributed by atoms with E-state index < -0.39 is 0 Å². The summed E-state index contributed by atoms with van der Waals surface area (Å²) >= 11 is 0. The molecule has 3 aromatic rings. The lowest BCUT2D eigenvalue weighted by molar-refractivity contribution is 0.605. The molecular formula is C30H38FN. The van der Waals surface area contributed by atoms with Crippen molar-refractivity contribution in [1.82, 2.24) is 4.98 Å². The molecule has 0 bridgehead atoms. The number of halogens is 1. The van der Waals surface area contributed by atoms with Crippen molar-refractivity contribution in [2.24, 2.45) is 0 Å². The molecule has 0 aliphatic rings. The lowest BCUT2D eigenvalue weighted by Crippen LogP contribution is -1.92. The zero-order valence-electron chi connectivity index (χ0n) is 19.9. The average Bonchev–Trinajstić information content (AvgIpc) is 2.82. The van der Waals surface area contributed by atoms with Gasteiger partial charge in [0.1, 0.15) is 5.82 Å². The van der Waals surface area contributed by atoms with E-state index in [9.17, 15) is 4.39 Å². The Balaban J connectivity index is 1.58. The van der Waals surface area contributed by atoms with Crippen LogP contribution in [-0.2, 0) is 12.8 Å². The molecule has 0 aliphatic heterocycles. The first-order valence-electron chi connectivity index (χ1n) is 12.6. The molecule has 170 valence electrons. The summed E-state index contributed by atoms with van der Waals surface area (Å²) in [7, 11) is 0. The molecule has 32 heavy (non-hydrogen) atoms. The van der Waals surface area contributed by atoms with Gasteiger partial charge in [-0.3, -0.25) is 4.98 Å². The van der Waals surface area contributed by atoms with Crippen molar-refractivity contribution in [2.75, 3.05) is 0 Å². The molecule has 2 aromatic carbocycles. The largest absolute Gasteiger partial charge is 0.261 e. The Kier molecular flexibility index (Phi) is 9.94. The Labute approximate surface area is 194 Å². The molecule has 0 fully saturated rings. The molecule has 0 unspecified atom stereocenters. The molecule has 2 heteroatoms. The summed E-state index contributed by atoms with van der Waals surface area (Å²) in [5.41, 5.74) is 5.88. The first kappa shape index (κ1) is 24.2. The van der Waals surface area contributed by atoms with E-state index >= 15 is 0 Å². The van der Waals surface area contributed by atoms with Gasteiger partial charge in [0.2, 0.25) is 0 Å². The van der Waals surface area contributed by atoms with E-state index in [1.54, 1.807) is 6.07 Å². The molecule has 0 spiro atoms. The molecule has 0 amide bonds. The number of aromatic nitrogens is 1. The maximum Gasteiger partial charge on any atom is 0.131 e. The molecular weight excluding hydrogens is 393 g/mol. The Morgan fingerprint density at radius 3 is 1.94 bits per heavy atom. The van der Waals surface area contributed by atoms with Crippen LogP contribution in [0.4, 0.5) is 4.39 Å². The Morgan fingerprint density at radius 2 is 1.25 bits per heavy atom. The van der Waals surface area contributed by atoms with Crippen molar-refractivity contribution < 1.29 is 4.39 Å². The van der Waals surface area contributed by atoms with E-state index in [2.05, 4.69) is 43.1 Å². The molecule has 1 heterocycles. The van der Waals surface area contributed by atoms with E-state index in [4.69, 9.17) is 0 Å². The molecule has 1 nitrogen and oxygen atoms in total. The number of benzene rings is 2. The number of pyridine rings is 1. The molecule has 1 aromatic heterocycles. The lowest BCUT2D eigenvalue weighted by Gasteiger charge is -2.09. The van der Waals surface area contributed by atoms with Crippen LogP contribution in [0, 0.1) is 5.82 Å². The SMILES string of the molecule is CCCCCCCCc1ccc(-c2ccc(-c3ccc(CCCCC)cc3)c(F)c2)cn1. The van der Waals surface area contributed by atoms with Crippen molar-refractivity contribution in [3.63, 3.8) is 0 Å². The summed E-state index contributed by atoms with van der Waals surface area (Å²) in [5, 5.41) is 0. The summed E-state index contributed by atoms with van der Waals surface area (Å²) in [6.45, 7) is 4.47. The Bertz CT molecular complexity index is 928. The number of rotatable bonds is 13. The van der Waals surface area contributed by atoms with Crippen LogP contribution in [0.15, 0.2) is 60.8 Å². The molecule has 0 saturated carbocycles. The predicted octanol–water partition coefficient (Wildman–Crippen LogP) is 9.19. The van der Waals surface area contributed by atoms with Crippen LogP contribution in [0.2, 0.25) is 0 Å². The fourth-order valence-electron chi connectivity index (χ4n) is 4.19. The second-order valence-electron chi connectivity index (χ2n) is 8.90. The molecule has 0 N–H and O–H groups in total. The van der Waals surface area contributed by atoms with Crippen molar-refractivity contribution in [1.29, 1.82) is 0 Å². The van der Waals surface area contributed by atoms with Gasteiger partial charge >= 0.3 is 0 Å². The van der Waals surface area contributed by atoms with Crippen LogP contribution in [0.3, 0.4) is 0 Å². The highest BCUT2D eigenvalue weighted by molar-refractivity contribution is 5.70. The van der Waals surface area contributed by atoms with Crippen LogP contribution in [0.5, 0.6) is 0 Å². The van der Waals surface area contributed by atoms with Crippen molar-refractivity contribution in [3.05, 3.63) is 77.9 Å². The number of hydrogen-bond acceptors (Lipinski definition) is 1. The average molecular weight is 432 g/mol. The monoisotopic (exact) mass is 431 g/mol. The number of hydrogen-bond donors (Lipinski definition) is 0. The quantitative estimate of drug-likeness (QED) is 0.246. The van der Waals surface area contributed by atoms with Gasteiger partial charge in [0.15, 0.2) is 0 Å². The fourth-order valence-corrected chi connectivity index (χ4v) is 4.19. The molecule has 0 aliphatic carbocycles. The first-order valence-corrected chi connectivity index (χ1v) is 12.6. The fraction of sp³-hybridized carbons (Fsp3) is 0.433. The zero-order chi connectivity index (χ0) is 22.6. The second kappa shape index (κ2) is 13.2. The highest BCUT2D eigenvalue weighted by Crippen LogP contribution is 2.28. The Morgan fingerprint density at radius 1 is 0.625 bits per heavy atom. The van der Waals surface area contributed by atoms with Crippen molar-refractivity contribution in [2.45, 2.75) is 84.5 Å². The zero-order valence-corrected chi connectivity index (χ0v) is 19.9. The summed E-state index contributed by atoms with van der Waals surface area (Å²) in [6, 6.07) is 18.0. The van der Waals surface area contributed by atoms with E-state index in [1.807, 2.05) is 30.5 Å². The standard InChI is InChI=1S/C30H38FN/c1-3-5-7-8-9-11-13-28-20-18-27(23-32-28)26-19-21-29(30(31)22-26)25-16-14-24(15-17-25)12-10-6-4-2/h14-23H,3-13H2,1-2H3. The van der Waals surface area contributed by atoms with Gasteiger partial charge in [-0.25, -0.2) is 4.39 Å². The van der Waals surface area contributed by atoms with E-state index in [0.717, 1.165) is 35.2 Å². The van der Waals surface area contributed by atoms with Crippen molar-refractivity contribution in [3.8, 4) is 22.3 Å². The van der Waals surface area contributed by atoms with E-state index in [0.29, 0.717) is 5.56 Å². The van der Waals surface area contributed by atoms with Gasteiger partial charge in [0.05, 0.1) is 0 Å². The normalized spacial score (nSPS) is 11.1. The minimum Gasteiger partial charge on any atom is -0.261 e. The molecule has 0 saturated heterocycles. The minimum absolute atomic E-state index is 0.183. The topological polar surface area (TPSA) is 12.9 Å². The third-order valence-electron chi connectivity index (χ3n) is 6.25. The lowest BCUT2D eigenvalue weighted by atomic mass is 9.98. The van der Waals surface area contributed by atoms with Gasteiger partial charge in [-0.2, -0.15) is 0 Å². The van der Waals surface area contributed by atoms with Gasteiger partial charge < -0.3 is 0 Å². The van der Waals surface area contributed by atoms with Crippen LogP contribution in [0.1, 0.15) is 82.9 Å². The third-order valence-corrected chi connectivity index (χ3v) is 6.25. The highest BCUT2D eigenvalue weighted by atomic mass is 19.1. The number of aryl methyl sites for hydroxylation is 2. The highest BCUT2D eigenvalue weighted by Gasteiger charge is 2.08. The predicted molar refractivity (Wildman–Crippen MR) is 135 cm³/mol. The maximum absolute atomic E-state index is 14.9. The smallest absolute Gasteiger partial charge is 0.131 e. The van der Waals surface area contributed by atoms with Crippen LogP contribution >= 0.6 is 0 Å². The maximum atomic E-state index is 14.9. The molecule has 0 atom stereocenters. The van der Waals surface area contributed by atoms with Crippen molar-refractivity contribution >= 4 is 0 Å². The van der Waals surface area contributed by atoms with Gasteiger partial charge in [0, 0.05) is 23.0 Å². The molecule has 3 rings (SSSR count). The van der Waals surface area contributed by atoms with Crippen LogP contribution < -0.4 is 0 Å². The third kappa shape index (κ3) is 7.29. The number of nitrogens with zero attached hydrogens (tertiary/aromatic N) is 1. The Hall–Kier alpha value is -2.48. The first-order chi connectivity index (χ1) is 15.7. The summed E-state index contributed by atoms with van der Waals surface area (Å²) in [5.74, 6) is -0.183. The van der Waals surface area contributed by atoms with Gasteiger partial charge in [-0.15, -0.1) is 0 Å². The molecule has 0 radical (unpaired) electrons. The summed E-state index contributed by atoms with van der Waals surface area (Å²) in [6.07, 6.45) is 15.4. The summed E-state index contributed by atoms with van der Waals surface area (Å²) < 4.78 is 14.9. The summed E-state index contributed by atoms with van der Waals surface area (Å²) in [4.78, 5) is 4.62.